The van der Waals surface area contributed by atoms with Crippen molar-refractivity contribution in [1.82, 2.24) is 5.32 Å². The van der Waals surface area contributed by atoms with Crippen LogP contribution >= 0.6 is 27.5 Å². The van der Waals surface area contributed by atoms with Gasteiger partial charge in [0.15, 0.2) is 0 Å². The summed E-state index contributed by atoms with van der Waals surface area (Å²) in [5, 5.41) is 4.17. The number of halogens is 2. The van der Waals surface area contributed by atoms with Crippen molar-refractivity contribution in [3.8, 4) is 0 Å². The summed E-state index contributed by atoms with van der Waals surface area (Å²) in [4.78, 5) is 0. The van der Waals surface area contributed by atoms with Crippen molar-refractivity contribution in [2.45, 2.75) is 19.4 Å². The highest BCUT2D eigenvalue weighted by molar-refractivity contribution is 9.10. The van der Waals surface area contributed by atoms with Gasteiger partial charge >= 0.3 is 0 Å². The van der Waals surface area contributed by atoms with Gasteiger partial charge in [0.2, 0.25) is 0 Å². The Morgan fingerprint density at radius 1 is 1.60 bits per heavy atom. The Balaban J connectivity index is 2.97. The molecule has 1 nitrogen and oxygen atoms in total. The molecule has 1 unspecified atom stereocenters. The standard InChI is InChI=1S/C12H15BrClN/c1-3-5-12(15-4-2)10-8-9(14)6-7-11(10)13/h3,6-8,12,15H,1,4-5H2,2H3. The van der Waals surface area contributed by atoms with Crippen molar-refractivity contribution in [2.24, 2.45) is 0 Å². The summed E-state index contributed by atoms with van der Waals surface area (Å²) in [6.07, 6.45) is 2.81. The number of hydrogen-bond acceptors (Lipinski definition) is 1. The lowest BCUT2D eigenvalue weighted by Crippen LogP contribution is -2.20. The quantitative estimate of drug-likeness (QED) is 0.795. The molecule has 1 aromatic rings. The van der Waals surface area contributed by atoms with E-state index in [0.717, 1.165) is 22.5 Å². The van der Waals surface area contributed by atoms with Crippen LogP contribution in [0.25, 0.3) is 0 Å². The van der Waals surface area contributed by atoms with E-state index in [0.29, 0.717) is 0 Å². The van der Waals surface area contributed by atoms with Gasteiger partial charge in [0, 0.05) is 15.5 Å². The van der Waals surface area contributed by atoms with Crippen LogP contribution in [0.5, 0.6) is 0 Å². The second kappa shape index (κ2) is 6.31. The van der Waals surface area contributed by atoms with Crippen LogP contribution in [0, 0.1) is 0 Å². The summed E-state index contributed by atoms with van der Waals surface area (Å²) < 4.78 is 1.08. The molecule has 0 aliphatic carbocycles. The van der Waals surface area contributed by atoms with E-state index in [4.69, 9.17) is 11.6 Å². The first-order valence-corrected chi connectivity index (χ1v) is 6.15. The third kappa shape index (κ3) is 3.63. The number of hydrogen-bond donors (Lipinski definition) is 1. The molecule has 0 heterocycles. The summed E-state index contributed by atoms with van der Waals surface area (Å²) in [7, 11) is 0. The first-order valence-electron chi connectivity index (χ1n) is 4.98. The third-order valence-electron chi connectivity index (χ3n) is 2.19. The number of nitrogens with one attached hydrogen (secondary N) is 1. The molecule has 0 radical (unpaired) electrons. The van der Waals surface area contributed by atoms with Crippen LogP contribution in [0.3, 0.4) is 0 Å². The van der Waals surface area contributed by atoms with Crippen LogP contribution in [-0.4, -0.2) is 6.54 Å². The topological polar surface area (TPSA) is 12.0 Å². The van der Waals surface area contributed by atoms with E-state index in [1.54, 1.807) is 0 Å². The molecule has 15 heavy (non-hydrogen) atoms. The Hall–Kier alpha value is -0.310. The summed E-state index contributed by atoms with van der Waals surface area (Å²) in [5.41, 5.74) is 1.18. The van der Waals surface area contributed by atoms with E-state index in [2.05, 4.69) is 34.7 Å². The highest BCUT2D eigenvalue weighted by Gasteiger charge is 2.12. The van der Waals surface area contributed by atoms with Crippen molar-refractivity contribution < 1.29 is 0 Å². The lowest BCUT2D eigenvalue weighted by atomic mass is 10.0. The zero-order valence-corrected chi connectivity index (χ0v) is 11.1. The second-order valence-corrected chi connectivity index (χ2v) is 4.59. The maximum atomic E-state index is 5.99. The maximum Gasteiger partial charge on any atom is 0.0410 e. The van der Waals surface area contributed by atoms with Gasteiger partial charge in [0.25, 0.3) is 0 Å². The van der Waals surface area contributed by atoms with E-state index in [-0.39, 0.29) is 6.04 Å². The summed E-state index contributed by atoms with van der Waals surface area (Å²) in [5.74, 6) is 0. The molecule has 1 aromatic carbocycles. The predicted molar refractivity (Wildman–Crippen MR) is 70.4 cm³/mol. The number of rotatable bonds is 5. The smallest absolute Gasteiger partial charge is 0.0410 e. The van der Waals surface area contributed by atoms with Crippen molar-refractivity contribution in [3.63, 3.8) is 0 Å². The fraction of sp³-hybridized carbons (Fsp3) is 0.333. The lowest BCUT2D eigenvalue weighted by molar-refractivity contribution is 0.557. The minimum absolute atomic E-state index is 0.278. The molecule has 0 aliphatic rings. The summed E-state index contributed by atoms with van der Waals surface area (Å²) in [6, 6.07) is 6.13. The largest absolute Gasteiger partial charge is 0.310 e. The molecule has 0 aliphatic heterocycles. The highest BCUT2D eigenvalue weighted by atomic mass is 79.9. The fourth-order valence-corrected chi connectivity index (χ4v) is 2.22. The van der Waals surface area contributed by atoms with Gasteiger partial charge in [-0.25, -0.2) is 0 Å². The van der Waals surface area contributed by atoms with Gasteiger partial charge < -0.3 is 5.32 Å². The van der Waals surface area contributed by atoms with Gasteiger partial charge in [-0.2, -0.15) is 0 Å². The van der Waals surface area contributed by atoms with Crippen molar-refractivity contribution in [2.75, 3.05) is 6.54 Å². The molecule has 0 bridgehead atoms. The monoisotopic (exact) mass is 287 g/mol. The molecule has 0 aromatic heterocycles. The number of benzene rings is 1. The van der Waals surface area contributed by atoms with E-state index in [1.165, 1.54) is 5.56 Å². The SMILES string of the molecule is C=CCC(NCC)c1cc(Cl)ccc1Br. The molecule has 0 spiro atoms. The summed E-state index contributed by atoms with van der Waals surface area (Å²) in [6.45, 7) is 6.79. The van der Waals surface area contributed by atoms with Crippen LogP contribution in [-0.2, 0) is 0 Å². The van der Waals surface area contributed by atoms with Crippen LogP contribution in [0.2, 0.25) is 5.02 Å². The van der Waals surface area contributed by atoms with Crippen molar-refractivity contribution >= 4 is 27.5 Å². The first kappa shape index (κ1) is 12.8. The zero-order chi connectivity index (χ0) is 11.3. The molecule has 0 saturated heterocycles. The van der Waals surface area contributed by atoms with E-state index < -0.39 is 0 Å². The maximum absolute atomic E-state index is 5.99. The van der Waals surface area contributed by atoms with Crippen molar-refractivity contribution in [3.05, 3.63) is 45.9 Å². The Kier molecular flexibility index (Phi) is 5.37. The first-order chi connectivity index (χ1) is 7.19. The second-order valence-electron chi connectivity index (χ2n) is 3.30. The van der Waals surface area contributed by atoms with Gasteiger partial charge in [-0.3, -0.25) is 0 Å². The molecule has 3 heteroatoms. The highest BCUT2D eigenvalue weighted by Crippen LogP contribution is 2.28. The molecule has 0 saturated carbocycles. The Bertz CT molecular complexity index is 338. The zero-order valence-electron chi connectivity index (χ0n) is 8.76. The average molecular weight is 289 g/mol. The molecule has 0 fully saturated rings. The van der Waals surface area contributed by atoms with Gasteiger partial charge in [0.05, 0.1) is 0 Å². The van der Waals surface area contributed by atoms with Crippen molar-refractivity contribution in [1.29, 1.82) is 0 Å². The molecule has 82 valence electrons. The van der Waals surface area contributed by atoms with E-state index in [1.807, 2.05) is 24.3 Å². The Morgan fingerprint density at radius 2 is 2.33 bits per heavy atom. The molecular weight excluding hydrogens is 273 g/mol. The molecular formula is C12H15BrClN. The Morgan fingerprint density at radius 3 is 2.93 bits per heavy atom. The van der Waals surface area contributed by atoms with E-state index in [9.17, 15) is 0 Å². The molecule has 1 N–H and O–H groups in total. The normalized spacial score (nSPS) is 12.5. The molecule has 1 rings (SSSR count). The molecule has 0 amide bonds. The average Bonchev–Trinajstić information content (AvgIpc) is 2.21. The van der Waals surface area contributed by atoms with Crippen LogP contribution in [0.15, 0.2) is 35.3 Å². The lowest BCUT2D eigenvalue weighted by Gasteiger charge is -2.18. The summed E-state index contributed by atoms with van der Waals surface area (Å²) >= 11 is 9.52. The van der Waals surface area contributed by atoms with Crippen LogP contribution < -0.4 is 5.32 Å². The van der Waals surface area contributed by atoms with Gasteiger partial charge in [0.1, 0.15) is 0 Å². The third-order valence-corrected chi connectivity index (χ3v) is 3.14. The minimum atomic E-state index is 0.278. The minimum Gasteiger partial charge on any atom is -0.310 e. The van der Waals surface area contributed by atoms with Gasteiger partial charge in [-0.1, -0.05) is 40.5 Å². The fourth-order valence-electron chi connectivity index (χ4n) is 1.51. The predicted octanol–water partition coefficient (Wildman–Crippen LogP) is 4.33. The molecule has 1 atom stereocenters. The van der Waals surface area contributed by atoms with Gasteiger partial charge in [-0.05, 0) is 36.7 Å². The van der Waals surface area contributed by atoms with Crippen LogP contribution in [0.4, 0.5) is 0 Å². The van der Waals surface area contributed by atoms with E-state index >= 15 is 0 Å². The Labute approximate surface area is 105 Å². The van der Waals surface area contributed by atoms with Crippen LogP contribution in [0.1, 0.15) is 24.9 Å². The van der Waals surface area contributed by atoms with Gasteiger partial charge in [-0.15, -0.1) is 6.58 Å².